The number of benzene rings is 1. The molecule has 0 aliphatic rings. The number of carbonyl (C=O) groups is 1. The summed E-state index contributed by atoms with van der Waals surface area (Å²) in [6.07, 6.45) is -0.974. The van der Waals surface area contributed by atoms with Crippen LogP contribution in [0, 0.1) is 6.92 Å². The second kappa shape index (κ2) is 4.94. The number of hydrogen-bond acceptors (Lipinski definition) is 2. The van der Waals surface area contributed by atoms with E-state index in [1.54, 1.807) is 12.1 Å². The predicted molar refractivity (Wildman–Crippen MR) is 57.8 cm³/mol. The Bertz CT molecular complexity index is 327. The van der Waals surface area contributed by atoms with Gasteiger partial charge in [-0.15, -0.1) is 0 Å². The van der Waals surface area contributed by atoms with Gasteiger partial charge in [0.15, 0.2) is 6.10 Å². The summed E-state index contributed by atoms with van der Waals surface area (Å²) >= 11 is 0. The van der Waals surface area contributed by atoms with Crippen molar-refractivity contribution in [1.82, 2.24) is 0 Å². The molecule has 0 heterocycles. The van der Waals surface area contributed by atoms with Gasteiger partial charge >= 0.3 is 5.97 Å². The summed E-state index contributed by atoms with van der Waals surface area (Å²) in [6, 6.07) is 7.34. The second-order valence-corrected chi connectivity index (χ2v) is 3.81. The highest BCUT2D eigenvalue weighted by Crippen LogP contribution is 2.19. The molecular weight excluding hydrogens is 192 g/mol. The first-order valence-electron chi connectivity index (χ1n) is 4.95. The molecule has 1 N–H and O–H groups in total. The lowest BCUT2D eigenvalue weighted by atomic mass is 10.1. The smallest absolute Gasteiger partial charge is 0.337 e. The Balaban J connectivity index is 2.89. The molecular formula is C12H16O3. The molecule has 0 aliphatic carbocycles. The van der Waals surface area contributed by atoms with Crippen LogP contribution in [0.3, 0.4) is 0 Å². The Morgan fingerprint density at radius 1 is 1.27 bits per heavy atom. The van der Waals surface area contributed by atoms with E-state index in [4.69, 9.17) is 9.84 Å². The first-order valence-corrected chi connectivity index (χ1v) is 4.95. The fourth-order valence-corrected chi connectivity index (χ4v) is 1.29. The van der Waals surface area contributed by atoms with Crippen LogP contribution in [0.4, 0.5) is 0 Å². The Hall–Kier alpha value is -1.35. The lowest BCUT2D eigenvalue weighted by Crippen LogP contribution is -2.19. The van der Waals surface area contributed by atoms with E-state index in [0.29, 0.717) is 5.56 Å². The van der Waals surface area contributed by atoms with Crippen molar-refractivity contribution in [2.24, 2.45) is 0 Å². The van der Waals surface area contributed by atoms with Gasteiger partial charge in [-0.05, 0) is 26.3 Å². The molecule has 0 spiro atoms. The molecule has 0 radical (unpaired) electrons. The standard InChI is InChI=1S/C12H16O3/c1-8(2)15-11(12(13)14)10-6-4-9(3)5-7-10/h4-8,11H,1-3H3,(H,13,14). The monoisotopic (exact) mass is 208 g/mol. The van der Waals surface area contributed by atoms with Crippen LogP contribution in [-0.2, 0) is 9.53 Å². The summed E-state index contributed by atoms with van der Waals surface area (Å²) in [7, 11) is 0. The van der Waals surface area contributed by atoms with E-state index in [0.717, 1.165) is 5.56 Å². The van der Waals surface area contributed by atoms with Gasteiger partial charge in [0, 0.05) is 0 Å². The molecule has 0 saturated carbocycles. The third-order valence-corrected chi connectivity index (χ3v) is 2.01. The van der Waals surface area contributed by atoms with E-state index >= 15 is 0 Å². The quantitative estimate of drug-likeness (QED) is 0.827. The topological polar surface area (TPSA) is 46.5 Å². The molecule has 82 valence electrons. The Kier molecular flexibility index (Phi) is 3.86. The minimum atomic E-state index is -0.951. The van der Waals surface area contributed by atoms with Gasteiger partial charge < -0.3 is 9.84 Å². The Labute approximate surface area is 89.7 Å². The van der Waals surface area contributed by atoms with Crippen LogP contribution >= 0.6 is 0 Å². The summed E-state index contributed by atoms with van der Waals surface area (Å²) < 4.78 is 5.34. The summed E-state index contributed by atoms with van der Waals surface area (Å²) in [5, 5.41) is 9.02. The molecule has 1 unspecified atom stereocenters. The van der Waals surface area contributed by atoms with Gasteiger partial charge in [0.1, 0.15) is 0 Å². The molecule has 15 heavy (non-hydrogen) atoms. The first kappa shape index (κ1) is 11.7. The minimum absolute atomic E-state index is 0.104. The van der Waals surface area contributed by atoms with Crippen LogP contribution in [0.25, 0.3) is 0 Å². The van der Waals surface area contributed by atoms with Crippen molar-refractivity contribution >= 4 is 5.97 Å². The molecule has 0 saturated heterocycles. The van der Waals surface area contributed by atoms with Crippen LogP contribution in [0.15, 0.2) is 24.3 Å². The summed E-state index contributed by atoms with van der Waals surface area (Å²) in [5.41, 5.74) is 1.79. The number of carboxylic acid groups (broad SMARTS) is 1. The summed E-state index contributed by atoms with van der Waals surface area (Å²) in [5.74, 6) is -0.951. The predicted octanol–water partition coefficient (Wildman–Crippen LogP) is 2.55. The molecule has 1 atom stereocenters. The van der Waals surface area contributed by atoms with Crippen LogP contribution in [0.2, 0.25) is 0 Å². The second-order valence-electron chi connectivity index (χ2n) is 3.81. The SMILES string of the molecule is Cc1ccc(C(OC(C)C)C(=O)O)cc1. The van der Waals surface area contributed by atoms with Crippen molar-refractivity contribution in [1.29, 1.82) is 0 Å². The molecule has 0 fully saturated rings. The van der Waals surface area contributed by atoms with Gasteiger partial charge in [-0.1, -0.05) is 29.8 Å². The number of hydrogen-bond donors (Lipinski definition) is 1. The number of rotatable bonds is 4. The van der Waals surface area contributed by atoms with Gasteiger partial charge in [-0.25, -0.2) is 4.79 Å². The van der Waals surface area contributed by atoms with Crippen molar-refractivity contribution in [3.05, 3.63) is 35.4 Å². The molecule has 0 aromatic heterocycles. The fourth-order valence-electron chi connectivity index (χ4n) is 1.29. The van der Waals surface area contributed by atoms with Gasteiger partial charge in [0.25, 0.3) is 0 Å². The van der Waals surface area contributed by atoms with Crippen LogP contribution in [0.1, 0.15) is 31.1 Å². The lowest BCUT2D eigenvalue weighted by Gasteiger charge is -2.16. The highest BCUT2D eigenvalue weighted by atomic mass is 16.5. The lowest BCUT2D eigenvalue weighted by molar-refractivity contribution is -0.153. The van der Waals surface area contributed by atoms with Crippen LogP contribution in [0.5, 0.6) is 0 Å². The van der Waals surface area contributed by atoms with Crippen molar-refractivity contribution in [3.63, 3.8) is 0 Å². The van der Waals surface area contributed by atoms with Gasteiger partial charge in [0.05, 0.1) is 6.10 Å². The van der Waals surface area contributed by atoms with Crippen LogP contribution < -0.4 is 0 Å². The van der Waals surface area contributed by atoms with Crippen molar-refractivity contribution < 1.29 is 14.6 Å². The Morgan fingerprint density at radius 3 is 2.20 bits per heavy atom. The van der Waals surface area contributed by atoms with Crippen molar-refractivity contribution in [3.8, 4) is 0 Å². The van der Waals surface area contributed by atoms with Crippen molar-refractivity contribution in [2.75, 3.05) is 0 Å². The highest BCUT2D eigenvalue weighted by molar-refractivity contribution is 5.74. The zero-order valence-electron chi connectivity index (χ0n) is 9.23. The van der Waals surface area contributed by atoms with E-state index in [1.807, 2.05) is 32.9 Å². The molecule has 1 rings (SSSR count). The zero-order valence-corrected chi connectivity index (χ0v) is 9.23. The van der Waals surface area contributed by atoms with Crippen LogP contribution in [-0.4, -0.2) is 17.2 Å². The number of carboxylic acids is 1. The maximum Gasteiger partial charge on any atom is 0.337 e. The molecule has 3 heteroatoms. The zero-order chi connectivity index (χ0) is 11.4. The highest BCUT2D eigenvalue weighted by Gasteiger charge is 2.21. The Morgan fingerprint density at radius 2 is 1.80 bits per heavy atom. The average Bonchev–Trinajstić information content (AvgIpc) is 2.15. The molecule has 0 aliphatic heterocycles. The normalized spacial score (nSPS) is 12.8. The summed E-state index contributed by atoms with van der Waals surface area (Å²) in [4.78, 5) is 11.0. The number of aryl methyl sites for hydroxylation is 1. The van der Waals surface area contributed by atoms with E-state index in [1.165, 1.54) is 0 Å². The van der Waals surface area contributed by atoms with Gasteiger partial charge in [-0.3, -0.25) is 0 Å². The minimum Gasteiger partial charge on any atom is -0.479 e. The molecule has 0 bridgehead atoms. The van der Waals surface area contributed by atoms with Gasteiger partial charge in [0.2, 0.25) is 0 Å². The summed E-state index contributed by atoms with van der Waals surface area (Å²) in [6.45, 7) is 5.61. The molecule has 0 amide bonds. The van der Waals surface area contributed by atoms with E-state index in [-0.39, 0.29) is 6.10 Å². The molecule has 1 aromatic carbocycles. The van der Waals surface area contributed by atoms with E-state index in [9.17, 15) is 4.79 Å². The molecule has 1 aromatic rings. The maximum absolute atomic E-state index is 11.0. The third-order valence-electron chi connectivity index (χ3n) is 2.01. The fraction of sp³-hybridized carbons (Fsp3) is 0.417. The number of ether oxygens (including phenoxy) is 1. The maximum atomic E-state index is 11.0. The number of aliphatic carboxylic acids is 1. The first-order chi connectivity index (χ1) is 7.00. The largest absolute Gasteiger partial charge is 0.479 e. The average molecular weight is 208 g/mol. The van der Waals surface area contributed by atoms with Gasteiger partial charge in [-0.2, -0.15) is 0 Å². The third kappa shape index (κ3) is 3.36. The van der Waals surface area contributed by atoms with Crippen molar-refractivity contribution in [2.45, 2.75) is 33.0 Å². The molecule has 3 nitrogen and oxygen atoms in total. The van der Waals surface area contributed by atoms with E-state index in [2.05, 4.69) is 0 Å². The van der Waals surface area contributed by atoms with E-state index < -0.39 is 12.1 Å².